The van der Waals surface area contributed by atoms with Crippen molar-refractivity contribution in [3.05, 3.63) is 32.6 Å². The van der Waals surface area contributed by atoms with Gasteiger partial charge in [-0.2, -0.15) is 0 Å². The minimum Gasteiger partial charge on any atom is -0.347 e. The summed E-state index contributed by atoms with van der Waals surface area (Å²) in [5.41, 5.74) is 3.89. The lowest BCUT2D eigenvalue weighted by Gasteiger charge is -2.10. The number of aromatic nitrogens is 2. The van der Waals surface area contributed by atoms with E-state index in [2.05, 4.69) is 10.3 Å². The molecule has 1 heterocycles. The number of nitrogens with one attached hydrogen (secondary N) is 3. The van der Waals surface area contributed by atoms with Crippen LogP contribution in [0, 0.1) is 0 Å². The van der Waals surface area contributed by atoms with E-state index in [4.69, 9.17) is 5.73 Å². The third-order valence-corrected chi connectivity index (χ3v) is 1.74. The number of hydrogen-bond acceptors (Lipinski definition) is 4. The molecule has 0 aliphatic carbocycles. The van der Waals surface area contributed by atoms with Crippen molar-refractivity contribution in [2.24, 2.45) is 5.73 Å². The molecule has 1 unspecified atom stereocenters. The summed E-state index contributed by atoms with van der Waals surface area (Å²) in [4.78, 5) is 37.3. The van der Waals surface area contributed by atoms with E-state index in [-0.39, 0.29) is 18.3 Å². The van der Waals surface area contributed by atoms with Gasteiger partial charge < -0.3 is 16.0 Å². The predicted octanol–water partition coefficient (Wildman–Crippen LogP) is -1.86. The zero-order valence-corrected chi connectivity index (χ0v) is 8.16. The van der Waals surface area contributed by atoms with Crippen LogP contribution in [0.2, 0.25) is 0 Å². The second kappa shape index (κ2) is 4.56. The number of H-pyrrole nitrogens is 2. The molecular weight excluding hydrogens is 200 g/mol. The Morgan fingerprint density at radius 1 is 1.53 bits per heavy atom. The van der Waals surface area contributed by atoms with Crippen LogP contribution in [0.15, 0.2) is 15.7 Å². The zero-order chi connectivity index (χ0) is 11.4. The highest BCUT2D eigenvalue weighted by Gasteiger charge is 2.09. The first-order valence-corrected chi connectivity index (χ1v) is 4.37. The molecule has 0 fully saturated rings. The molecule has 82 valence electrons. The number of amides is 1. The van der Waals surface area contributed by atoms with Crippen molar-refractivity contribution in [2.75, 3.05) is 6.54 Å². The molecular formula is C8H12N4O3. The van der Waals surface area contributed by atoms with Crippen LogP contribution in [0.25, 0.3) is 0 Å². The Morgan fingerprint density at radius 3 is 2.73 bits per heavy atom. The van der Waals surface area contributed by atoms with Gasteiger partial charge in [0.05, 0.1) is 0 Å². The molecule has 7 heteroatoms. The molecule has 0 aliphatic rings. The quantitative estimate of drug-likeness (QED) is 0.469. The van der Waals surface area contributed by atoms with Crippen molar-refractivity contribution in [1.82, 2.24) is 15.3 Å². The molecule has 0 aromatic carbocycles. The largest absolute Gasteiger partial charge is 0.347 e. The molecule has 1 amide bonds. The van der Waals surface area contributed by atoms with Crippen molar-refractivity contribution < 1.29 is 4.79 Å². The summed E-state index contributed by atoms with van der Waals surface area (Å²) in [6.45, 7) is 1.99. The molecule has 5 N–H and O–H groups in total. The van der Waals surface area contributed by atoms with E-state index in [0.717, 1.165) is 6.07 Å². The van der Waals surface area contributed by atoms with Crippen molar-refractivity contribution in [1.29, 1.82) is 0 Å². The van der Waals surface area contributed by atoms with Crippen LogP contribution < -0.4 is 22.3 Å². The Morgan fingerprint density at radius 2 is 2.20 bits per heavy atom. The molecule has 1 aromatic heterocycles. The SMILES string of the molecule is CC(CN)NC(=O)c1cc(=O)[nH]c(=O)[nH]1. The van der Waals surface area contributed by atoms with Gasteiger partial charge in [-0.1, -0.05) is 0 Å². The molecule has 0 saturated heterocycles. The summed E-state index contributed by atoms with van der Waals surface area (Å²) in [7, 11) is 0. The fourth-order valence-electron chi connectivity index (χ4n) is 0.952. The van der Waals surface area contributed by atoms with Gasteiger partial charge in [-0.15, -0.1) is 0 Å². The minimum absolute atomic E-state index is 0.0796. The minimum atomic E-state index is -0.715. The van der Waals surface area contributed by atoms with Crippen LogP contribution in [0.3, 0.4) is 0 Å². The van der Waals surface area contributed by atoms with Crippen molar-refractivity contribution >= 4 is 5.91 Å². The summed E-state index contributed by atoms with van der Waals surface area (Å²) in [6, 6.07) is 0.792. The number of aromatic amines is 2. The van der Waals surface area contributed by atoms with E-state index in [1.807, 2.05) is 4.98 Å². The fourth-order valence-corrected chi connectivity index (χ4v) is 0.952. The Bertz CT molecular complexity index is 433. The average Bonchev–Trinajstić information content (AvgIpc) is 2.16. The molecule has 15 heavy (non-hydrogen) atoms. The van der Waals surface area contributed by atoms with Crippen molar-refractivity contribution in [3.63, 3.8) is 0 Å². The molecule has 1 aromatic rings. The van der Waals surface area contributed by atoms with Gasteiger partial charge in [0.1, 0.15) is 5.69 Å². The highest BCUT2D eigenvalue weighted by molar-refractivity contribution is 5.92. The molecule has 7 nitrogen and oxygen atoms in total. The molecule has 0 spiro atoms. The second-order valence-corrected chi connectivity index (χ2v) is 3.11. The Kier molecular flexibility index (Phi) is 3.40. The van der Waals surface area contributed by atoms with E-state index in [0.29, 0.717) is 0 Å². The van der Waals surface area contributed by atoms with Gasteiger partial charge in [-0.25, -0.2) is 4.79 Å². The molecule has 0 saturated carbocycles. The molecule has 0 aliphatic heterocycles. The van der Waals surface area contributed by atoms with Crippen molar-refractivity contribution in [2.45, 2.75) is 13.0 Å². The molecule has 0 bridgehead atoms. The van der Waals surface area contributed by atoms with Crippen LogP contribution in [0.1, 0.15) is 17.4 Å². The van der Waals surface area contributed by atoms with Crippen LogP contribution in [-0.4, -0.2) is 28.5 Å². The monoisotopic (exact) mass is 212 g/mol. The van der Waals surface area contributed by atoms with E-state index < -0.39 is 17.2 Å². The number of rotatable bonds is 3. The van der Waals surface area contributed by atoms with Crippen LogP contribution >= 0.6 is 0 Å². The number of carbonyl (C=O) groups is 1. The van der Waals surface area contributed by atoms with Crippen molar-refractivity contribution in [3.8, 4) is 0 Å². The Balaban J connectivity index is 2.92. The van der Waals surface area contributed by atoms with Gasteiger partial charge in [0, 0.05) is 18.7 Å². The highest BCUT2D eigenvalue weighted by atomic mass is 16.2. The summed E-state index contributed by atoms with van der Waals surface area (Å²) in [6.07, 6.45) is 0. The molecule has 1 atom stereocenters. The third-order valence-electron chi connectivity index (χ3n) is 1.74. The van der Waals surface area contributed by atoms with E-state index in [9.17, 15) is 14.4 Å². The third kappa shape index (κ3) is 3.06. The van der Waals surface area contributed by atoms with Crippen LogP contribution in [0.5, 0.6) is 0 Å². The maximum Gasteiger partial charge on any atom is 0.326 e. The number of nitrogens with two attached hydrogens (primary N) is 1. The van der Waals surface area contributed by atoms with Gasteiger partial charge >= 0.3 is 5.69 Å². The first-order chi connectivity index (χ1) is 7.02. The van der Waals surface area contributed by atoms with Crippen LogP contribution in [-0.2, 0) is 0 Å². The maximum absolute atomic E-state index is 11.4. The summed E-state index contributed by atoms with van der Waals surface area (Å²) >= 11 is 0. The summed E-state index contributed by atoms with van der Waals surface area (Å²) < 4.78 is 0. The lowest BCUT2D eigenvalue weighted by Crippen LogP contribution is -2.39. The molecule has 0 radical (unpaired) electrons. The van der Waals surface area contributed by atoms with Crippen LogP contribution in [0.4, 0.5) is 0 Å². The van der Waals surface area contributed by atoms with Gasteiger partial charge in [0.2, 0.25) is 0 Å². The maximum atomic E-state index is 11.4. The predicted molar refractivity (Wildman–Crippen MR) is 53.7 cm³/mol. The lowest BCUT2D eigenvalue weighted by atomic mass is 10.3. The van der Waals surface area contributed by atoms with E-state index >= 15 is 0 Å². The lowest BCUT2D eigenvalue weighted by molar-refractivity contribution is 0.0935. The van der Waals surface area contributed by atoms with Gasteiger partial charge in [0.15, 0.2) is 0 Å². The summed E-state index contributed by atoms with van der Waals surface area (Å²) in [5, 5.41) is 2.51. The Hall–Kier alpha value is -1.89. The summed E-state index contributed by atoms with van der Waals surface area (Å²) in [5.74, 6) is -0.531. The first kappa shape index (κ1) is 11.2. The Labute approximate surface area is 84.7 Å². The normalized spacial score (nSPS) is 12.1. The highest BCUT2D eigenvalue weighted by Crippen LogP contribution is 1.87. The van der Waals surface area contributed by atoms with E-state index in [1.54, 1.807) is 6.92 Å². The zero-order valence-electron chi connectivity index (χ0n) is 8.16. The number of hydrogen-bond donors (Lipinski definition) is 4. The fraction of sp³-hybridized carbons (Fsp3) is 0.375. The average molecular weight is 212 g/mol. The topological polar surface area (TPSA) is 121 Å². The van der Waals surface area contributed by atoms with E-state index in [1.165, 1.54) is 0 Å². The van der Waals surface area contributed by atoms with Gasteiger partial charge in [-0.3, -0.25) is 14.6 Å². The van der Waals surface area contributed by atoms with Gasteiger partial charge in [-0.05, 0) is 6.92 Å². The second-order valence-electron chi connectivity index (χ2n) is 3.11. The molecule has 1 rings (SSSR count). The smallest absolute Gasteiger partial charge is 0.326 e. The van der Waals surface area contributed by atoms with Gasteiger partial charge in [0.25, 0.3) is 11.5 Å². The standard InChI is InChI=1S/C8H12N4O3/c1-4(3-9)10-7(14)5-2-6(13)12-8(15)11-5/h2,4H,3,9H2,1H3,(H,10,14)(H2,11,12,13,15). The number of carbonyl (C=O) groups excluding carboxylic acids is 1. The first-order valence-electron chi connectivity index (χ1n) is 4.37.